The molecule has 0 aliphatic carbocycles. The van der Waals surface area contributed by atoms with Gasteiger partial charge >= 0.3 is 0 Å². The summed E-state index contributed by atoms with van der Waals surface area (Å²) in [7, 11) is 0. The molecule has 0 unspecified atom stereocenters. The molecule has 0 heteroatoms. The summed E-state index contributed by atoms with van der Waals surface area (Å²) in [4.78, 5) is 0. The van der Waals surface area contributed by atoms with Gasteiger partial charge in [-0.3, -0.25) is 0 Å². The van der Waals surface area contributed by atoms with Crippen LogP contribution in [0.25, 0.3) is 32.7 Å². The molecule has 0 nitrogen and oxygen atoms in total. The molecule has 5 rings (SSSR count). The summed E-state index contributed by atoms with van der Waals surface area (Å²) < 4.78 is 0. The molecule has 0 atom stereocenters. The van der Waals surface area contributed by atoms with Gasteiger partial charge in [0.15, 0.2) is 0 Å². The molecule has 0 amide bonds. The van der Waals surface area contributed by atoms with Crippen LogP contribution in [0, 0.1) is 0 Å². The van der Waals surface area contributed by atoms with E-state index < -0.39 is 0 Å². The topological polar surface area (TPSA) is 0 Å². The van der Waals surface area contributed by atoms with E-state index in [0.717, 1.165) is 6.42 Å². The van der Waals surface area contributed by atoms with E-state index in [0.29, 0.717) is 0 Å². The molecule has 0 saturated heterocycles. The molecular formula is C27H20. The maximum atomic E-state index is 2.27. The Labute approximate surface area is 159 Å². The highest BCUT2D eigenvalue weighted by Crippen LogP contribution is 2.39. The van der Waals surface area contributed by atoms with Gasteiger partial charge in [-0.25, -0.2) is 0 Å². The first-order valence-corrected chi connectivity index (χ1v) is 9.43. The maximum Gasteiger partial charge on any atom is -0.00132 e. The van der Waals surface area contributed by atoms with E-state index in [2.05, 4.69) is 109 Å². The second-order valence-electron chi connectivity index (χ2n) is 6.97. The third-order valence-electron chi connectivity index (χ3n) is 5.33. The second kappa shape index (κ2) is 6.74. The average Bonchev–Trinajstić information content (AvgIpc) is 2.75. The molecule has 5 aromatic rings. The molecule has 5 aromatic carbocycles. The number of rotatable bonds is 3. The van der Waals surface area contributed by atoms with Crippen molar-refractivity contribution in [1.29, 1.82) is 0 Å². The van der Waals surface area contributed by atoms with Crippen molar-refractivity contribution in [3.63, 3.8) is 0 Å². The zero-order chi connectivity index (χ0) is 18.1. The lowest BCUT2D eigenvalue weighted by molar-refractivity contribution is 1.22. The predicted molar refractivity (Wildman–Crippen MR) is 116 cm³/mol. The lowest BCUT2D eigenvalue weighted by atomic mass is 9.85. The fourth-order valence-electron chi connectivity index (χ4n) is 4.13. The Kier molecular flexibility index (Phi) is 3.95. The van der Waals surface area contributed by atoms with Crippen LogP contribution in [-0.4, -0.2) is 0 Å². The van der Waals surface area contributed by atoms with Crippen LogP contribution in [0.3, 0.4) is 0 Å². The van der Waals surface area contributed by atoms with Crippen LogP contribution in [-0.2, 0) is 6.42 Å². The molecule has 0 radical (unpaired) electrons. The fraction of sp³-hybridized carbons (Fsp3) is 0.0370. The van der Waals surface area contributed by atoms with Crippen molar-refractivity contribution in [1.82, 2.24) is 0 Å². The van der Waals surface area contributed by atoms with E-state index in [9.17, 15) is 0 Å². The Morgan fingerprint density at radius 1 is 0.407 bits per heavy atom. The van der Waals surface area contributed by atoms with Crippen LogP contribution >= 0.6 is 0 Å². The predicted octanol–water partition coefficient (Wildman–Crippen LogP) is 7.25. The van der Waals surface area contributed by atoms with E-state index in [-0.39, 0.29) is 0 Å². The van der Waals surface area contributed by atoms with Gasteiger partial charge in [0, 0.05) is 0 Å². The van der Waals surface area contributed by atoms with Crippen LogP contribution in [0.4, 0.5) is 0 Å². The number of benzene rings is 5. The van der Waals surface area contributed by atoms with Gasteiger partial charge in [-0.05, 0) is 50.2 Å². The number of hydrogen-bond donors (Lipinski definition) is 0. The van der Waals surface area contributed by atoms with E-state index >= 15 is 0 Å². The molecule has 0 N–H and O–H groups in total. The van der Waals surface area contributed by atoms with Gasteiger partial charge in [0.2, 0.25) is 0 Å². The van der Waals surface area contributed by atoms with E-state index in [4.69, 9.17) is 0 Å². The average molecular weight is 344 g/mol. The molecule has 0 spiro atoms. The largest absolute Gasteiger partial charge is 0.0622 e. The minimum Gasteiger partial charge on any atom is -0.0622 e. The fourth-order valence-corrected chi connectivity index (χ4v) is 4.13. The second-order valence-corrected chi connectivity index (χ2v) is 6.97. The Hall–Kier alpha value is -3.38. The quantitative estimate of drug-likeness (QED) is 0.302. The lowest BCUT2D eigenvalue weighted by Gasteiger charge is -2.18. The van der Waals surface area contributed by atoms with Gasteiger partial charge in [0.05, 0.1) is 0 Å². The van der Waals surface area contributed by atoms with Gasteiger partial charge in [0.25, 0.3) is 0 Å². The van der Waals surface area contributed by atoms with Gasteiger partial charge < -0.3 is 0 Å². The van der Waals surface area contributed by atoms with E-state index in [1.54, 1.807) is 0 Å². The Bertz CT molecular complexity index is 1220. The zero-order valence-corrected chi connectivity index (χ0v) is 15.1. The highest BCUT2D eigenvalue weighted by atomic mass is 14.2. The molecule has 128 valence electrons. The standard InChI is InChI=1S/C27H20/c1-3-11-20(12-4-1)19-26-24-17-8-7-15-22(24)23-16-9-10-18-25(23)27(26)21-13-5-2-6-14-21/h1-18H,19H2. The summed E-state index contributed by atoms with van der Waals surface area (Å²) in [5.74, 6) is 0. The van der Waals surface area contributed by atoms with Gasteiger partial charge in [-0.1, -0.05) is 109 Å². The molecule has 0 saturated carbocycles. The molecule has 0 fully saturated rings. The van der Waals surface area contributed by atoms with Crippen molar-refractivity contribution in [2.45, 2.75) is 6.42 Å². The SMILES string of the molecule is c1ccc(Cc2c(-c3ccccc3)c3ccccc3c3ccccc23)cc1. The molecular weight excluding hydrogens is 324 g/mol. The summed E-state index contributed by atoms with van der Waals surface area (Å²) >= 11 is 0. The summed E-state index contributed by atoms with van der Waals surface area (Å²) in [5, 5.41) is 5.33. The molecule has 0 heterocycles. The third kappa shape index (κ3) is 2.80. The molecule has 0 aliphatic heterocycles. The van der Waals surface area contributed by atoms with Crippen molar-refractivity contribution < 1.29 is 0 Å². The molecule has 27 heavy (non-hydrogen) atoms. The molecule has 0 aliphatic rings. The minimum atomic E-state index is 0.927. The lowest BCUT2D eigenvalue weighted by Crippen LogP contribution is -1.96. The van der Waals surface area contributed by atoms with Crippen LogP contribution in [0.2, 0.25) is 0 Å². The van der Waals surface area contributed by atoms with Gasteiger partial charge in [-0.2, -0.15) is 0 Å². The maximum absolute atomic E-state index is 2.27. The van der Waals surface area contributed by atoms with Crippen molar-refractivity contribution in [2.75, 3.05) is 0 Å². The van der Waals surface area contributed by atoms with Gasteiger partial charge in [-0.15, -0.1) is 0 Å². The smallest absolute Gasteiger partial charge is 0.00132 e. The summed E-state index contributed by atoms with van der Waals surface area (Å²) in [6.45, 7) is 0. The van der Waals surface area contributed by atoms with Crippen LogP contribution in [0.5, 0.6) is 0 Å². The molecule has 0 aromatic heterocycles. The summed E-state index contributed by atoms with van der Waals surface area (Å²) in [6.07, 6.45) is 0.927. The minimum absolute atomic E-state index is 0.927. The Morgan fingerprint density at radius 3 is 1.56 bits per heavy atom. The van der Waals surface area contributed by atoms with E-state index in [1.807, 2.05) is 0 Å². The highest BCUT2D eigenvalue weighted by molar-refractivity contribution is 6.15. The first-order valence-electron chi connectivity index (χ1n) is 9.43. The number of hydrogen-bond acceptors (Lipinski definition) is 0. The first-order chi connectivity index (χ1) is 13.4. The first kappa shape index (κ1) is 15.8. The van der Waals surface area contributed by atoms with Crippen molar-refractivity contribution in [2.24, 2.45) is 0 Å². The highest BCUT2D eigenvalue weighted by Gasteiger charge is 2.15. The van der Waals surface area contributed by atoms with Crippen molar-refractivity contribution in [3.8, 4) is 11.1 Å². The number of fused-ring (bicyclic) bond motifs is 3. The van der Waals surface area contributed by atoms with Crippen LogP contribution in [0.1, 0.15) is 11.1 Å². The van der Waals surface area contributed by atoms with Crippen molar-refractivity contribution >= 4 is 21.5 Å². The third-order valence-corrected chi connectivity index (χ3v) is 5.33. The van der Waals surface area contributed by atoms with Crippen LogP contribution in [0.15, 0.2) is 109 Å². The zero-order valence-electron chi connectivity index (χ0n) is 15.1. The van der Waals surface area contributed by atoms with Crippen LogP contribution < -0.4 is 0 Å². The Morgan fingerprint density at radius 2 is 0.889 bits per heavy atom. The van der Waals surface area contributed by atoms with Gasteiger partial charge in [0.1, 0.15) is 0 Å². The monoisotopic (exact) mass is 344 g/mol. The summed E-state index contributed by atoms with van der Waals surface area (Å²) in [6, 6.07) is 39.2. The molecule has 0 bridgehead atoms. The summed E-state index contributed by atoms with van der Waals surface area (Å²) in [5.41, 5.74) is 5.39. The van der Waals surface area contributed by atoms with Crippen molar-refractivity contribution in [3.05, 3.63) is 120 Å². The Balaban J connectivity index is 1.92. The normalized spacial score (nSPS) is 11.1. The van der Waals surface area contributed by atoms with E-state index in [1.165, 1.54) is 43.8 Å².